The maximum atomic E-state index is 16.7. The molecule has 8 atom stereocenters. The number of rotatable bonds is 1. The fourth-order valence-corrected chi connectivity index (χ4v) is 6.97. The van der Waals surface area contributed by atoms with Crippen molar-refractivity contribution in [2.24, 2.45) is 22.7 Å². The van der Waals surface area contributed by atoms with Gasteiger partial charge in [-0.2, -0.15) is 0 Å². The first-order chi connectivity index (χ1) is 12.4. The van der Waals surface area contributed by atoms with Crippen LogP contribution in [0.2, 0.25) is 0 Å². The minimum absolute atomic E-state index is 0.0174. The van der Waals surface area contributed by atoms with Crippen molar-refractivity contribution in [2.75, 3.05) is 0 Å². The molecule has 3 fully saturated rings. The minimum Gasteiger partial charge on any atom is -0.479 e. The number of ketones is 1. The zero-order valence-electron chi connectivity index (χ0n) is 15.6. The van der Waals surface area contributed by atoms with Gasteiger partial charge in [-0.05, 0) is 44.1 Å². The number of carbonyl (C=O) groups is 2. The van der Waals surface area contributed by atoms with Gasteiger partial charge in [-0.1, -0.05) is 19.4 Å². The lowest BCUT2D eigenvalue weighted by Gasteiger charge is -2.63. The Balaban J connectivity index is 1.84. The molecule has 150 valence electrons. The van der Waals surface area contributed by atoms with Gasteiger partial charge in [0, 0.05) is 23.2 Å². The second kappa shape index (κ2) is 5.39. The third-order valence-electron chi connectivity index (χ3n) is 8.59. The molecule has 3 saturated carbocycles. The van der Waals surface area contributed by atoms with Crippen molar-refractivity contribution in [2.45, 2.75) is 75.9 Å². The van der Waals surface area contributed by atoms with Crippen LogP contribution in [0.4, 0.5) is 4.39 Å². The molecule has 0 aromatic rings. The molecule has 4 N–H and O–H groups in total. The van der Waals surface area contributed by atoms with Crippen LogP contribution in [-0.4, -0.2) is 55.7 Å². The zero-order valence-corrected chi connectivity index (χ0v) is 15.6. The van der Waals surface area contributed by atoms with Gasteiger partial charge >= 0.3 is 5.97 Å². The monoisotopic (exact) mass is 382 g/mol. The smallest absolute Gasteiger partial charge is 0.339 e. The van der Waals surface area contributed by atoms with E-state index in [9.17, 15) is 30.0 Å². The van der Waals surface area contributed by atoms with E-state index in [1.807, 2.05) is 0 Å². The predicted octanol–water partition coefficient (Wildman–Crippen LogP) is 1.37. The summed E-state index contributed by atoms with van der Waals surface area (Å²) in [6.45, 7) is 3.29. The van der Waals surface area contributed by atoms with Crippen molar-refractivity contribution in [3.8, 4) is 0 Å². The van der Waals surface area contributed by atoms with Gasteiger partial charge in [0.2, 0.25) is 0 Å². The van der Waals surface area contributed by atoms with Gasteiger partial charge in [-0.15, -0.1) is 0 Å². The number of aliphatic carboxylic acids is 1. The standard InChI is InChI=1S/C20H27FO6/c1-17-6-5-11(22)7-10(17)3-4-12-13-8-14(23)20(27,16(25)26)18(13,2)9-15(24)19(12,17)21/h7,12-15,23-24,27H,3-6,8-9H2,1-2H3,(H,25,26)/t12-,13-,14+,15-,17-,18-,19-,20-/m0/s1. The van der Waals surface area contributed by atoms with Crippen LogP contribution in [0.3, 0.4) is 0 Å². The largest absolute Gasteiger partial charge is 0.479 e. The molecule has 0 bridgehead atoms. The molecule has 4 rings (SSSR count). The van der Waals surface area contributed by atoms with Crippen LogP contribution in [0.25, 0.3) is 0 Å². The third-order valence-corrected chi connectivity index (χ3v) is 8.59. The van der Waals surface area contributed by atoms with Crippen LogP contribution in [0, 0.1) is 22.7 Å². The average Bonchev–Trinajstić information content (AvgIpc) is 2.79. The van der Waals surface area contributed by atoms with E-state index in [-0.39, 0.29) is 25.0 Å². The Kier molecular flexibility index (Phi) is 3.80. The van der Waals surface area contributed by atoms with Crippen LogP contribution in [0.5, 0.6) is 0 Å². The molecular formula is C20H27FO6. The lowest BCUT2D eigenvalue weighted by Crippen LogP contribution is -2.70. The first-order valence-electron chi connectivity index (χ1n) is 9.67. The van der Waals surface area contributed by atoms with E-state index in [1.54, 1.807) is 13.8 Å². The normalized spacial score (nSPS) is 54.6. The highest BCUT2D eigenvalue weighted by Crippen LogP contribution is 2.70. The number of aliphatic hydroxyl groups is 3. The second-order valence-electron chi connectivity index (χ2n) is 9.45. The van der Waals surface area contributed by atoms with Crippen LogP contribution in [0.1, 0.15) is 52.4 Å². The number of carboxylic acids is 1. The fourth-order valence-electron chi connectivity index (χ4n) is 6.97. The van der Waals surface area contributed by atoms with Gasteiger partial charge in [0.15, 0.2) is 11.4 Å². The molecule has 4 aliphatic rings. The zero-order chi connectivity index (χ0) is 20.0. The molecule has 0 aliphatic heterocycles. The molecule has 7 heteroatoms. The molecule has 0 unspecified atom stereocenters. The molecule has 4 aliphatic carbocycles. The summed E-state index contributed by atoms with van der Waals surface area (Å²) in [6.07, 6.45) is -0.383. The van der Waals surface area contributed by atoms with E-state index in [0.717, 1.165) is 0 Å². The highest BCUT2D eigenvalue weighted by Gasteiger charge is 2.76. The highest BCUT2D eigenvalue weighted by molar-refractivity contribution is 5.91. The molecule has 0 amide bonds. The summed E-state index contributed by atoms with van der Waals surface area (Å²) in [7, 11) is 0. The van der Waals surface area contributed by atoms with Gasteiger partial charge < -0.3 is 20.4 Å². The number of fused-ring (bicyclic) bond motifs is 5. The summed E-state index contributed by atoms with van der Waals surface area (Å²) in [5.74, 6) is -2.83. The van der Waals surface area contributed by atoms with Crippen molar-refractivity contribution in [3.05, 3.63) is 11.6 Å². The SMILES string of the molecule is C[C@]12CCC(=O)C=C1CC[C@H]1[C@@H]3C[C@@H](O)[C@](O)(C(=O)O)[C@@]3(C)C[C@H](O)[C@@]12F. The maximum absolute atomic E-state index is 16.7. The van der Waals surface area contributed by atoms with Crippen LogP contribution in [0.15, 0.2) is 11.6 Å². The van der Waals surface area contributed by atoms with Crippen molar-refractivity contribution < 1.29 is 34.4 Å². The number of hydrogen-bond acceptors (Lipinski definition) is 5. The first-order valence-corrected chi connectivity index (χ1v) is 9.67. The topological polar surface area (TPSA) is 115 Å². The first kappa shape index (κ1) is 19.0. The minimum atomic E-state index is -2.42. The molecule has 6 nitrogen and oxygen atoms in total. The Labute approximate surface area is 157 Å². The number of carboxylic acid groups (broad SMARTS) is 1. The van der Waals surface area contributed by atoms with Gasteiger partial charge in [-0.25, -0.2) is 9.18 Å². The number of hydrogen-bond donors (Lipinski definition) is 4. The molecule has 0 saturated heterocycles. The van der Waals surface area contributed by atoms with Gasteiger partial charge in [-0.3, -0.25) is 4.79 Å². The number of aliphatic hydroxyl groups excluding tert-OH is 2. The van der Waals surface area contributed by atoms with Crippen LogP contribution >= 0.6 is 0 Å². The Morgan fingerprint density at radius 1 is 1.19 bits per heavy atom. The highest BCUT2D eigenvalue weighted by atomic mass is 19.1. The molecule has 0 spiro atoms. The molecule has 0 heterocycles. The van der Waals surface area contributed by atoms with E-state index in [2.05, 4.69) is 0 Å². The van der Waals surface area contributed by atoms with Crippen molar-refractivity contribution in [1.82, 2.24) is 0 Å². The second-order valence-corrected chi connectivity index (χ2v) is 9.45. The molecule has 0 aromatic heterocycles. The molecule has 0 radical (unpaired) electrons. The van der Waals surface area contributed by atoms with Gasteiger partial charge in [0.25, 0.3) is 0 Å². The molecule has 0 aromatic carbocycles. The lowest BCUT2D eigenvalue weighted by molar-refractivity contribution is -0.235. The number of alkyl halides is 1. The summed E-state index contributed by atoms with van der Waals surface area (Å²) in [5.41, 5.74) is -6.06. The van der Waals surface area contributed by atoms with E-state index < -0.39 is 52.1 Å². The molecular weight excluding hydrogens is 355 g/mol. The van der Waals surface area contributed by atoms with E-state index in [0.29, 0.717) is 24.8 Å². The van der Waals surface area contributed by atoms with E-state index >= 15 is 4.39 Å². The quantitative estimate of drug-likeness (QED) is 0.544. The summed E-state index contributed by atoms with van der Waals surface area (Å²) in [5, 5.41) is 41.9. The Morgan fingerprint density at radius 3 is 2.48 bits per heavy atom. The molecule has 27 heavy (non-hydrogen) atoms. The summed E-state index contributed by atoms with van der Waals surface area (Å²) < 4.78 is 16.7. The van der Waals surface area contributed by atoms with Crippen LogP contribution in [-0.2, 0) is 9.59 Å². The Bertz CT molecular complexity index is 751. The van der Waals surface area contributed by atoms with E-state index in [1.165, 1.54) is 6.08 Å². The fraction of sp³-hybridized carbons (Fsp3) is 0.800. The maximum Gasteiger partial charge on any atom is 0.339 e. The van der Waals surface area contributed by atoms with Crippen molar-refractivity contribution in [1.29, 1.82) is 0 Å². The number of allylic oxidation sites excluding steroid dienone is 1. The summed E-state index contributed by atoms with van der Waals surface area (Å²) >= 11 is 0. The van der Waals surface area contributed by atoms with E-state index in [4.69, 9.17) is 0 Å². The summed E-state index contributed by atoms with van der Waals surface area (Å²) in [6, 6.07) is 0. The van der Waals surface area contributed by atoms with Gasteiger partial charge in [0.1, 0.15) is 5.67 Å². The number of halogens is 1. The van der Waals surface area contributed by atoms with Gasteiger partial charge in [0.05, 0.1) is 12.2 Å². The van der Waals surface area contributed by atoms with Crippen molar-refractivity contribution >= 4 is 11.8 Å². The van der Waals surface area contributed by atoms with Crippen molar-refractivity contribution in [3.63, 3.8) is 0 Å². The average molecular weight is 382 g/mol. The Morgan fingerprint density at radius 2 is 1.85 bits per heavy atom. The summed E-state index contributed by atoms with van der Waals surface area (Å²) in [4.78, 5) is 23.7. The van der Waals surface area contributed by atoms with Crippen LogP contribution < -0.4 is 0 Å². The predicted molar refractivity (Wildman–Crippen MR) is 92.4 cm³/mol. The lowest BCUT2D eigenvalue weighted by atomic mass is 9.44. The number of carbonyl (C=O) groups excluding carboxylic acids is 1. The third kappa shape index (κ3) is 1.95. The Hall–Kier alpha value is -1.31.